The molecule has 0 aromatic heterocycles. The molecule has 3 N–H and O–H groups in total. The first-order valence-corrected chi connectivity index (χ1v) is 8.39. The van der Waals surface area contributed by atoms with Crippen LogP contribution >= 0.6 is 15.9 Å². The second-order valence-electron chi connectivity index (χ2n) is 5.46. The molecule has 1 saturated carbocycles. The lowest BCUT2D eigenvalue weighted by Crippen LogP contribution is -2.39. The van der Waals surface area contributed by atoms with Crippen LogP contribution in [0, 0.1) is 0 Å². The SMILES string of the molecule is NCCc1cccc(Br)c1OCC(=O)NC1CCCCC1. The van der Waals surface area contributed by atoms with Crippen LogP contribution in [0.1, 0.15) is 37.7 Å². The number of halogens is 1. The molecule has 0 radical (unpaired) electrons. The van der Waals surface area contributed by atoms with Gasteiger partial charge in [0.05, 0.1) is 4.47 Å². The number of hydrogen-bond acceptors (Lipinski definition) is 3. The predicted molar refractivity (Wildman–Crippen MR) is 87.4 cm³/mol. The number of nitrogens with one attached hydrogen (secondary N) is 1. The molecule has 1 aromatic carbocycles. The van der Waals surface area contributed by atoms with Crippen molar-refractivity contribution in [2.75, 3.05) is 13.2 Å². The Morgan fingerprint density at radius 2 is 2.10 bits per heavy atom. The zero-order chi connectivity index (χ0) is 15.1. The average Bonchev–Trinajstić information content (AvgIpc) is 2.48. The summed E-state index contributed by atoms with van der Waals surface area (Å²) < 4.78 is 6.57. The van der Waals surface area contributed by atoms with Gasteiger partial charge in [-0.05, 0) is 53.4 Å². The smallest absolute Gasteiger partial charge is 0.258 e. The van der Waals surface area contributed by atoms with Gasteiger partial charge in [-0.25, -0.2) is 0 Å². The highest BCUT2D eigenvalue weighted by molar-refractivity contribution is 9.10. The Hall–Kier alpha value is -1.07. The maximum atomic E-state index is 12.0. The summed E-state index contributed by atoms with van der Waals surface area (Å²) in [6.07, 6.45) is 6.59. The number of hydrogen-bond donors (Lipinski definition) is 2. The number of carbonyl (C=O) groups excluding carboxylic acids is 1. The van der Waals surface area contributed by atoms with E-state index in [0.29, 0.717) is 12.6 Å². The lowest BCUT2D eigenvalue weighted by molar-refractivity contribution is -0.124. The zero-order valence-corrected chi connectivity index (χ0v) is 13.8. The number of nitrogens with two attached hydrogens (primary N) is 1. The molecule has 0 bridgehead atoms. The molecule has 0 spiro atoms. The normalized spacial score (nSPS) is 15.7. The molecule has 0 aliphatic heterocycles. The highest BCUT2D eigenvalue weighted by Gasteiger charge is 2.16. The van der Waals surface area contributed by atoms with Crippen molar-refractivity contribution in [3.05, 3.63) is 28.2 Å². The fraction of sp³-hybridized carbons (Fsp3) is 0.562. The van der Waals surface area contributed by atoms with Crippen LogP contribution in [0.4, 0.5) is 0 Å². The molecule has 0 saturated heterocycles. The fourth-order valence-electron chi connectivity index (χ4n) is 2.72. The van der Waals surface area contributed by atoms with E-state index in [1.807, 2.05) is 18.2 Å². The van der Waals surface area contributed by atoms with Gasteiger partial charge in [-0.3, -0.25) is 4.79 Å². The molecule has 21 heavy (non-hydrogen) atoms. The third-order valence-corrected chi connectivity index (χ3v) is 4.40. The van der Waals surface area contributed by atoms with E-state index in [1.165, 1.54) is 19.3 Å². The largest absolute Gasteiger partial charge is 0.482 e. The Morgan fingerprint density at radius 3 is 2.81 bits per heavy atom. The van der Waals surface area contributed by atoms with Crippen molar-refractivity contribution in [3.8, 4) is 5.75 Å². The lowest BCUT2D eigenvalue weighted by Gasteiger charge is -2.23. The van der Waals surface area contributed by atoms with Gasteiger partial charge in [-0.2, -0.15) is 0 Å². The lowest BCUT2D eigenvalue weighted by atomic mass is 9.95. The van der Waals surface area contributed by atoms with Crippen LogP contribution in [0.25, 0.3) is 0 Å². The topological polar surface area (TPSA) is 64.3 Å². The van der Waals surface area contributed by atoms with E-state index < -0.39 is 0 Å². The molecule has 5 heteroatoms. The first kappa shape index (κ1) is 16.3. The standard InChI is InChI=1S/C16H23BrN2O2/c17-14-8-4-5-12(9-10-18)16(14)21-11-15(20)19-13-6-2-1-3-7-13/h4-5,8,13H,1-3,6-7,9-11,18H2,(H,19,20). The number of carbonyl (C=O) groups is 1. The molecule has 1 aliphatic carbocycles. The Labute approximate surface area is 134 Å². The monoisotopic (exact) mass is 354 g/mol. The summed E-state index contributed by atoms with van der Waals surface area (Å²) in [5, 5.41) is 3.06. The van der Waals surface area contributed by atoms with E-state index in [-0.39, 0.29) is 12.5 Å². The van der Waals surface area contributed by atoms with Gasteiger partial charge in [-0.15, -0.1) is 0 Å². The van der Waals surface area contributed by atoms with E-state index in [0.717, 1.165) is 35.0 Å². The second-order valence-corrected chi connectivity index (χ2v) is 6.31. The third kappa shape index (κ3) is 5.00. The van der Waals surface area contributed by atoms with Crippen LogP contribution in [-0.2, 0) is 11.2 Å². The van der Waals surface area contributed by atoms with E-state index in [9.17, 15) is 4.79 Å². The Kier molecular flexibility index (Phi) is 6.51. The van der Waals surface area contributed by atoms with Crippen LogP contribution in [0.3, 0.4) is 0 Å². The quantitative estimate of drug-likeness (QED) is 0.825. The van der Waals surface area contributed by atoms with Gasteiger partial charge >= 0.3 is 0 Å². The summed E-state index contributed by atoms with van der Waals surface area (Å²) in [7, 11) is 0. The van der Waals surface area contributed by atoms with Gasteiger partial charge < -0.3 is 15.8 Å². The van der Waals surface area contributed by atoms with Crippen LogP contribution < -0.4 is 15.8 Å². The van der Waals surface area contributed by atoms with Gasteiger partial charge in [0.1, 0.15) is 5.75 Å². The minimum absolute atomic E-state index is 0.0450. The van der Waals surface area contributed by atoms with Gasteiger partial charge in [0, 0.05) is 6.04 Å². The van der Waals surface area contributed by atoms with Gasteiger partial charge in [0.15, 0.2) is 6.61 Å². The number of ether oxygens (including phenoxy) is 1. The average molecular weight is 355 g/mol. The van der Waals surface area contributed by atoms with Crippen molar-refractivity contribution in [1.29, 1.82) is 0 Å². The Bertz CT molecular complexity index is 473. The molecular weight excluding hydrogens is 332 g/mol. The fourth-order valence-corrected chi connectivity index (χ4v) is 3.24. The number of benzene rings is 1. The van der Waals surface area contributed by atoms with Crippen LogP contribution in [-0.4, -0.2) is 25.1 Å². The molecule has 1 aliphatic rings. The summed E-state index contributed by atoms with van der Waals surface area (Å²) in [5.74, 6) is 0.679. The Morgan fingerprint density at radius 1 is 1.33 bits per heavy atom. The summed E-state index contributed by atoms with van der Waals surface area (Å²) in [5.41, 5.74) is 6.63. The zero-order valence-electron chi connectivity index (χ0n) is 12.2. The first-order chi connectivity index (χ1) is 10.2. The van der Waals surface area contributed by atoms with E-state index in [1.54, 1.807) is 0 Å². The number of amides is 1. The minimum atomic E-state index is -0.0450. The van der Waals surface area contributed by atoms with Crippen molar-refractivity contribution in [3.63, 3.8) is 0 Å². The number of para-hydroxylation sites is 1. The predicted octanol–water partition coefficient (Wildman–Crippen LogP) is 2.78. The molecule has 0 unspecified atom stereocenters. The first-order valence-electron chi connectivity index (χ1n) is 7.60. The highest BCUT2D eigenvalue weighted by atomic mass is 79.9. The van der Waals surface area contributed by atoms with Crippen molar-refractivity contribution in [2.24, 2.45) is 5.73 Å². The van der Waals surface area contributed by atoms with Crippen molar-refractivity contribution >= 4 is 21.8 Å². The van der Waals surface area contributed by atoms with Gasteiger partial charge in [0.2, 0.25) is 0 Å². The molecule has 2 rings (SSSR count). The maximum Gasteiger partial charge on any atom is 0.258 e. The van der Waals surface area contributed by atoms with E-state index >= 15 is 0 Å². The molecule has 116 valence electrons. The van der Waals surface area contributed by atoms with Crippen molar-refractivity contribution in [1.82, 2.24) is 5.32 Å². The maximum absolute atomic E-state index is 12.0. The van der Waals surface area contributed by atoms with Crippen LogP contribution in [0.15, 0.2) is 22.7 Å². The molecule has 0 heterocycles. The molecule has 0 atom stereocenters. The third-order valence-electron chi connectivity index (χ3n) is 3.78. The molecule has 1 amide bonds. The molecule has 1 aromatic rings. The van der Waals surface area contributed by atoms with Crippen LogP contribution in [0.2, 0.25) is 0 Å². The van der Waals surface area contributed by atoms with Gasteiger partial charge in [-0.1, -0.05) is 31.4 Å². The minimum Gasteiger partial charge on any atom is -0.482 e. The van der Waals surface area contributed by atoms with E-state index in [4.69, 9.17) is 10.5 Å². The van der Waals surface area contributed by atoms with Crippen molar-refractivity contribution < 1.29 is 9.53 Å². The molecule has 1 fully saturated rings. The van der Waals surface area contributed by atoms with E-state index in [2.05, 4.69) is 21.2 Å². The molecular formula is C16H23BrN2O2. The summed E-state index contributed by atoms with van der Waals surface area (Å²) in [6.45, 7) is 0.609. The Balaban J connectivity index is 1.88. The highest BCUT2D eigenvalue weighted by Crippen LogP contribution is 2.29. The number of rotatable bonds is 6. The van der Waals surface area contributed by atoms with Gasteiger partial charge in [0.25, 0.3) is 5.91 Å². The van der Waals surface area contributed by atoms with Crippen LogP contribution in [0.5, 0.6) is 5.75 Å². The summed E-state index contributed by atoms with van der Waals surface area (Å²) in [4.78, 5) is 12.0. The second kappa shape index (κ2) is 8.39. The molecule has 4 nitrogen and oxygen atoms in total. The summed E-state index contributed by atoms with van der Waals surface area (Å²) >= 11 is 3.47. The van der Waals surface area contributed by atoms with Crippen molar-refractivity contribution in [2.45, 2.75) is 44.6 Å². The summed E-state index contributed by atoms with van der Waals surface area (Å²) in [6, 6.07) is 6.15.